The van der Waals surface area contributed by atoms with Crippen LogP contribution in [0.1, 0.15) is 23.1 Å². The van der Waals surface area contributed by atoms with Gasteiger partial charge in [0.25, 0.3) is 5.91 Å². The number of amides is 1. The lowest BCUT2D eigenvalue weighted by molar-refractivity contribution is -0.123. The highest BCUT2D eigenvalue weighted by atomic mass is 32.1. The van der Waals surface area contributed by atoms with Crippen molar-refractivity contribution in [2.75, 3.05) is 20.3 Å². The summed E-state index contributed by atoms with van der Waals surface area (Å²) < 4.78 is 10.9. The van der Waals surface area contributed by atoms with Crippen molar-refractivity contribution in [2.24, 2.45) is 0 Å². The van der Waals surface area contributed by atoms with Gasteiger partial charge in [0, 0.05) is 17.5 Å². The van der Waals surface area contributed by atoms with Gasteiger partial charge in [-0.2, -0.15) is 0 Å². The van der Waals surface area contributed by atoms with Crippen LogP contribution in [0.15, 0.2) is 47.8 Å². The summed E-state index contributed by atoms with van der Waals surface area (Å²) in [5, 5.41) is 5.68. The Kier molecular flexibility index (Phi) is 7.03. The van der Waals surface area contributed by atoms with Crippen molar-refractivity contribution in [3.8, 4) is 22.8 Å². The number of carbonyl (C=O) groups excluding carboxylic acids is 1. The Morgan fingerprint density at radius 2 is 1.93 bits per heavy atom. The van der Waals surface area contributed by atoms with Crippen LogP contribution in [0, 0.1) is 6.92 Å². The first-order valence-corrected chi connectivity index (χ1v) is 10.2. The average Bonchev–Trinajstić information content (AvgIpc) is 3.20. The molecule has 3 aromatic rings. The number of benzene rings is 2. The zero-order valence-electron chi connectivity index (χ0n) is 16.8. The number of thiazole rings is 1. The molecule has 0 radical (unpaired) electrons. The fourth-order valence-electron chi connectivity index (χ4n) is 2.69. The summed E-state index contributed by atoms with van der Waals surface area (Å²) in [6.07, 6.45) is 3.96. The summed E-state index contributed by atoms with van der Waals surface area (Å²) in [6, 6.07) is 13.9. The number of likely N-dealkylation sites (N-methyl/N-ethyl adjacent to an activating group) is 1. The van der Waals surface area contributed by atoms with Crippen LogP contribution in [0.3, 0.4) is 0 Å². The third-order valence-corrected chi connectivity index (χ3v) is 5.02. The minimum absolute atomic E-state index is 0.0414. The maximum Gasteiger partial charge on any atom is 0.257 e. The molecule has 1 aromatic heterocycles. The topological polar surface area (TPSA) is 60.5 Å². The Balaban J connectivity index is 1.69. The van der Waals surface area contributed by atoms with Gasteiger partial charge in [0.15, 0.2) is 18.1 Å². The molecule has 5 nitrogen and oxygen atoms in total. The monoisotopic (exact) mass is 408 g/mol. The molecule has 0 aliphatic carbocycles. The summed E-state index contributed by atoms with van der Waals surface area (Å²) in [6.45, 7) is 4.47. The molecule has 29 heavy (non-hydrogen) atoms. The maximum atomic E-state index is 11.6. The van der Waals surface area contributed by atoms with E-state index in [0.29, 0.717) is 18.0 Å². The van der Waals surface area contributed by atoms with Crippen LogP contribution >= 0.6 is 11.3 Å². The molecule has 0 spiro atoms. The maximum absolute atomic E-state index is 11.6. The van der Waals surface area contributed by atoms with Gasteiger partial charge in [-0.15, -0.1) is 11.3 Å². The molecule has 0 fully saturated rings. The molecule has 6 heteroatoms. The molecule has 0 unspecified atom stereocenters. The molecule has 0 aliphatic rings. The normalized spacial score (nSPS) is 10.9. The zero-order valence-corrected chi connectivity index (χ0v) is 17.6. The first-order chi connectivity index (χ1) is 14.1. The standard InChI is InChI=1S/C23H24N2O3S/c1-4-24-22(26)14-28-20-11-7-17(13-21(20)27-3)8-12-23-25-19(15-29-23)18-9-5-16(2)6-10-18/h5-13,15H,4,14H2,1-3H3,(H,24,26)/b12-8+. The van der Waals surface area contributed by atoms with Crippen molar-refractivity contribution < 1.29 is 14.3 Å². The van der Waals surface area contributed by atoms with Gasteiger partial charge in [0.2, 0.25) is 0 Å². The average molecular weight is 409 g/mol. The first kappa shape index (κ1) is 20.6. The van der Waals surface area contributed by atoms with E-state index in [1.54, 1.807) is 24.5 Å². The SMILES string of the molecule is CCNC(=O)COc1ccc(/C=C/c2nc(-c3ccc(C)cc3)cs2)cc1OC. The summed E-state index contributed by atoms with van der Waals surface area (Å²) >= 11 is 1.60. The molecule has 0 atom stereocenters. The van der Waals surface area contributed by atoms with Gasteiger partial charge in [-0.1, -0.05) is 42.0 Å². The molecule has 1 N–H and O–H groups in total. The molecular formula is C23H24N2O3S. The smallest absolute Gasteiger partial charge is 0.257 e. The lowest BCUT2D eigenvalue weighted by atomic mass is 10.1. The van der Waals surface area contributed by atoms with Gasteiger partial charge >= 0.3 is 0 Å². The number of ether oxygens (including phenoxy) is 2. The molecule has 0 saturated heterocycles. The zero-order chi connectivity index (χ0) is 20.6. The van der Waals surface area contributed by atoms with Crippen LogP contribution in [-0.2, 0) is 4.79 Å². The number of nitrogens with zero attached hydrogens (tertiary/aromatic N) is 1. The first-order valence-electron chi connectivity index (χ1n) is 9.37. The quantitative estimate of drug-likeness (QED) is 0.581. The lowest BCUT2D eigenvalue weighted by Crippen LogP contribution is -2.28. The van der Waals surface area contributed by atoms with E-state index in [2.05, 4.69) is 46.9 Å². The van der Waals surface area contributed by atoms with Crippen LogP contribution < -0.4 is 14.8 Å². The Hall–Kier alpha value is -3.12. The summed E-state index contributed by atoms with van der Waals surface area (Å²) in [4.78, 5) is 16.3. The van der Waals surface area contributed by atoms with E-state index in [1.165, 1.54) is 5.56 Å². The Morgan fingerprint density at radius 1 is 1.14 bits per heavy atom. The van der Waals surface area contributed by atoms with Crippen molar-refractivity contribution in [3.63, 3.8) is 0 Å². The molecule has 3 rings (SSSR count). The van der Waals surface area contributed by atoms with Gasteiger partial charge in [-0.3, -0.25) is 4.79 Å². The second-order valence-corrected chi connectivity index (χ2v) is 7.31. The van der Waals surface area contributed by atoms with Crippen molar-refractivity contribution in [3.05, 3.63) is 64.0 Å². The van der Waals surface area contributed by atoms with Crippen LogP contribution in [0.25, 0.3) is 23.4 Å². The van der Waals surface area contributed by atoms with Crippen molar-refractivity contribution in [1.82, 2.24) is 10.3 Å². The van der Waals surface area contributed by atoms with E-state index >= 15 is 0 Å². The number of aryl methyl sites for hydroxylation is 1. The lowest BCUT2D eigenvalue weighted by Gasteiger charge is -2.11. The highest BCUT2D eigenvalue weighted by Crippen LogP contribution is 2.29. The van der Waals surface area contributed by atoms with Crippen LogP contribution in [-0.4, -0.2) is 31.2 Å². The summed E-state index contributed by atoms with van der Waals surface area (Å²) in [7, 11) is 1.58. The third-order valence-electron chi connectivity index (χ3n) is 4.21. The molecule has 2 aromatic carbocycles. The van der Waals surface area contributed by atoms with Crippen molar-refractivity contribution in [2.45, 2.75) is 13.8 Å². The van der Waals surface area contributed by atoms with Crippen LogP contribution in [0.4, 0.5) is 0 Å². The molecule has 1 amide bonds. The second-order valence-electron chi connectivity index (χ2n) is 6.42. The minimum Gasteiger partial charge on any atom is -0.493 e. The third kappa shape index (κ3) is 5.68. The highest BCUT2D eigenvalue weighted by Gasteiger charge is 2.08. The van der Waals surface area contributed by atoms with Crippen molar-refractivity contribution >= 4 is 29.4 Å². The molecule has 1 heterocycles. The van der Waals surface area contributed by atoms with E-state index in [4.69, 9.17) is 9.47 Å². The van der Waals surface area contributed by atoms with E-state index in [-0.39, 0.29) is 12.5 Å². The largest absolute Gasteiger partial charge is 0.493 e. The number of aromatic nitrogens is 1. The fourth-order valence-corrected chi connectivity index (χ4v) is 3.41. The van der Waals surface area contributed by atoms with Gasteiger partial charge in [0.05, 0.1) is 12.8 Å². The van der Waals surface area contributed by atoms with E-state index < -0.39 is 0 Å². The van der Waals surface area contributed by atoms with Gasteiger partial charge in [-0.25, -0.2) is 4.98 Å². The van der Waals surface area contributed by atoms with E-state index in [1.807, 2.05) is 31.2 Å². The second kappa shape index (κ2) is 9.89. The van der Waals surface area contributed by atoms with Crippen LogP contribution in [0.5, 0.6) is 11.5 Å². The molecular weight excluding hydrogens is 384 g/mol. The summed E-state index contributed by atoms with van der Waals surface area (Å²) in [5.41, 5.74) is 4.28. The molecule has 0 aliphatic heterocycles. The summed E-state index contributed by atoms with van der Waals surface area (Å²) in [5.74, 6) is 0.953. The predicted molar refractivity (Wildman–Crippen MR) is 118 cm³/mol. The number of hydrogen-bond donors (Lipinski definition) is 1. The number of hydrogen-bond acceptors (Lipinski definition) is 5. The highest BCUT2D eigenvalue weighted by molar-refractivity contribution is 7.10. The number of carbonyl (C=O) groups is 1. The molecule has 150 valence electrons. The van der Waals surface area contributed by atoms with E-state index in [9.17, 15) is 4.79 Å². The van der Waals surface area contributed by atoms with Gasteiger partial charge < -0.3 is 14.8 Å². The Morgan fingerprint density at radius 3 is 2.66 bits per heavy atom. The van der Waals surface area contributed by atoms with Gasteiger partial charge in [-0.05, 0) is 37.6 Å². The van der Waals surface area contributed by atoms with Crippen LogP contribution in [0.2, 0.25) is 0 Å². The molecule has 0 bridgehead atoms. The molecule has 0 saturated carbocycles. The van der Waals surface area contributed by atoms with Gasteiger partial charge in [0.1, 0.15) is 5.01 Å². The fraction of sp³-hybridized carbons (Fsp3) is 0.217. The minimum atomic E-state index is -0.160. The number of nitrogens with one attached hydrogen (secondary N) is 1. The number of rotatable bonds is 8. The van der Waals surface area contributed by atoms with E-state index in [0.717, 1.165) is 21.8 Å². The Bertz CT molecular complexity index is 994. The predicted octanol–water partition coefficient (Wildman–Crippen LogP) is 4.81. The number of methoxy groups -OCH3 is 1. The Labute approximate surface area is 175 Å². The van der Waals surface area contributed by atoms with Crippen molar-refractivity contribution in [1.29, 1.82) is 0 Å².